The molecule has 3 aromatic rings. The summed E-state index contributed by atoms with van der Waals surface area (Å²) >= 11 is 0. The molecule has 0 amide bonds. The fourth-order valence-corrected chi connectivity index (χ4v) is 2.04. The van der Waals surface area contributed by atoms with Crippen molar-refractivity contribution in [2.75, 3.05) is 0 Å². The number of halogens is 1. The van der Waals surface area contributed by atoms with E-state index in [1.807, 2.05) is 0 Å². The van der Waals surface area contributed by atoms with E-state index in [0.29, 0.717) is 10.8 Å². The van der Waals surface area contributed by atoms with Crippen LogP contribution in [0.4, 0.5) is 10.1 Å². The second-order valence-corrected chi connectivity index (χ2v) is 3.99. The van der Waals surface area contributed by atoms with Crippen LogP contribution in [-0.2, 0) is 0 Å². The molecular formula is C13H6FNO4. The van der Waals surface area contributed by atoms with Crippen LogP contribution < -0.4 is 5.63 Å². The third-order valence-electron chi connectivity index (χ3n) is 2.88. The molecule has 0 saturated carbocycles. The second kappa shape index (κ2) is 3.88. The number of fused-ring (bicyclic) bond motifs is 3. The summed E-state index contributed by atoms with van der Waals surface area (Å²) < 4.78 is 18.6. The molecule has 0 aliphatic rings. The predicted molar refractivity (Wildman–Crippen MR) is 66.6 cm³/mol. The first-order valence-corrected chi connectivity index (χ1v) is 5.37. The van der Waals surface area contributed by atoms with Gasteiger partial charge in [0.1, 0.15) is 16.8 Å². The fraction of sp³-hybridized carbons (Fsp3) is 0. The van der Waals surface area contributed by atoms with E-state index in [2.05, 4.69) is 0 Å². The molecule has 0 aliphatic heterocycles. The van der Waals surface area contributed by atoms with Crippen molar-refractivity contribution in [1.82, 2.24) is 0 Å². The Bertz CT molecular complexity index is 885. The molecule has 0 aliphatic carbocycles. The first-order valence-electron chi connectivity index (χ1n) is 5.37. The lowest BCUT2D eigenvalue weighted by Gasteiger charge is -2.02. The van der Waals surface area contributed by atoms with Crippen LogP contribution in [0.5, 0.6) is 0 Å². The maximum atomic E-state index is 13.6. The zero-order valence-corrected chi connectivity index (χ0v) is 9.42. The molecule has 0 N–H and O–H groups in total. The number of benzene rings is 2. The van der Waals surface area contributed by atoms with Crippen molar-refractivity contribution < 1.29 is 13.7 Å². The molecule has 0 bridgehead atoms. The topological polar surface area (TPSA) is 73.3 Å². The van der Waals surface area contributed by atoms with Crippen molar-refractivity contribution in [2.24, 2.45) is 0 Å². The number of nitro groups is 1. The van der Waals surface area contributed by atoms with E-state index in [4.69, 9.17) is 4.42 Å². The number of rotatable bonds is 1. The highest BCUT2D eigenvalue weighted by atomic mass is 19.1. The van der Waals surface area contributed by atoms with Crippen molar-refractivity contribution in [3.05, 3.63) is 62.7 Å². The minimum atomic E-state index is -0.797. The maximum absolute atomic E-state index is 13.6. The zero-order valence-electron chi connectivity index (χ0n) is 9.42. The molecule has 0 saturated heterocycles. The summed E-state index contributed by atoms with van der Waals surface area (Å²) in [5.41, 5.74) is -0.755. The SMILES string of the molecule is O=c1oc2ccc([N+](=O)[O-])cc2c2cccc(F)c12. The molecule has 0 spiro atoms. The van der Waals surface area contributed by atoms with Crippen molar-refractivity contribution in [3.63, 3.8) is 0 Å². The highest BCUT2D eigenvalue weighted by molar-refractivity contribution is 6.05. The molecule has 0 unspecified atom stereocenters. The van der Waals surface area contributed by atoms with Gasteiger partial charge in [-0.3, -0.25) is 10.1 Å². The molecule has 19 heavy (non-hydrogen) atoms. The van der Waals surface area contributed by atoms with Crippen LogP contribution >= 0.6 is 0 Å². The van der Waals surface area contributed by atoms with E-state index < -0.39 is 16.4 Å². The van der Waals surface area contributed by atoms with Gasteiger partial charge in [0, 0.05) is 22.9 Å². The van der Waals surface area contributed by atoms with Crippen LogP contribution in [-0.4, -0.2) is 4.92 Å². The smallest absolute Gasteiger partial charge is 0.347 e. The van der Waals surface area contributed by atoms with Gasteiger partial charge in [-0.25, -0.2) is 9.18 Å². The van der Waals surface area contributed by atoms with Crippen LogP contribution in [0.2, 0.25) is 0 Å². The molecule has 0 radical (unpaired) electrons. The van der Waals surface area contributed by atoms with Crippen molar-refractivity contribution >= 4 is 27.4 Å². The van der Waals surface area contributed by atoms with Crippen molar-refractivity contribution in [3.8, 4) is 0 Å². The molecule has 6 heteroatoms. The molecule has 1 aromatic heterocycles. The van der Waals surface area contributed by atoms with Crippen LogP contribution in [0.25, 0.3) is 21.7 Å². The number of nitro benzene ring substituents is 1. The summed E-state index contributed by atoms with van der Waals surface area (Å²) in [4.78, 5) is 21.9. The van der Waals surface area contributed by atoms with E-state index >= 15 is 0 Å². The molecular weight excluding hydrogens is 253 g/mol. The van der Waals surface area contributed by atoms with Gasteiger partial charge in [0.15, 0.2) is 0 Å². The molecule has 5 nitrogen and oxygen atoms in total. The molecule has 0 atom stereocenters. The van der Waals surface area contributed by atoms with E-state index in [9.17, 15) is 19.3 Å². The summed E-state index contributed by atoms with van der Waals surface area (Å²) in [6.07, 6.45) is 0. The summed E-state index contributed by atoms with van der Waals surface area (Å²) in [6.45, 7) is 0. The van der Waals surface area contributed by atoms with Crippen LogP contribution in [0.1, 0.15) is 0 Å². The van der Waals surface area contributed by atoms with E-state index in [1.54, 1.807) is 0 Å². The van der Waals surface area contributed by atoms with Gasteiger partial charge < -0.3 is 4.42 Å². The first kappa shape index (κ1) is 11.3. The maximum Gasteiger partial charge on any atom is 0.347 e. The first-order chi connectivity index (χ1) is 9.08. The number of non-ortho nitro benzene ring substituents is 1. The predicted octanol–water partition coefficient (Wildman–Crippen LogP) is 2.99. The Labute approximate surface area is 105 Å². The fourth-order valence-electron chi connectivity index (χ4n) is 2.04. The summed E-state index contributed by atoms with van der Waals surface area (Å²) in [5, 5.41) is 11.2. The Morgan fingerprint density at radius 1 is 1.16 bits per heavy atom. The van der Waals surface area contributed by atoms with E-state index in [0.717, 1.165) is 6.07 Å². The van der Waals surface area contributed by atoms with Gasteiger partial charge in [-0.15, -0.1) is 0 Å². The average Bonchev–Trinajstić information content (AvgIpc) is 2.38. The Morgan fingerprint density at radius 3 is 2.68 bits per heavy atom. The monoisotopic (exact) mass is 259 g/mol. The average molecular weight is 259 g/mol. The minimum absolute atomic E-state index is 0.146. The quantitative estimate of drug-likeness (QED) is 0.291. The Kier molecular flexibility index (Phi) is 2.31. The lowest BCUT2D eigenvalue weighted by atomic mass is 10.1. The summed E-state index contributed by atoms with van der Waals surface area (Å²) in [7, 11) is 0. The normalized spacial score (nSPS) is 11.0. The molecule has 2 aromatic carbocycles. The third kappa shape index (κ3) is 1.65. The molecule has 0 fully saturated rings. The van der Waals surface area contributed by atoms with Gasteiger partial charge in [0.2, 0.25) is 0 Å². The molecule has 3 rings (SSSR count). The lowest BCUT2D eigenvalue weighted by molar-refractivity contribution is -0.384. The zero-order chi connectivity index (χ0) is 13.6. The minimum Gasteiger partial charge on any atom is -0.422 e. The van der Waals surface area contributed by atoms with Crippen LogP contribution in [0, 0.1) is 15.9 Å². The Balaban J connectivity index is 2.57. The van der Waals surface area contributed by atoms with Crippen LogP contribution in [0.3, 0.4) is 0 Å². The molecule has 1 heterocycles. The van der Waals surface area contributed by atoms with Gasteiger partial charge in [-0.1, -0.05) is 12.1 Å². The van der Waals surface area contributed by atoms with E-state index in [1.165, 1.54) is 30.3 Å². The highest BCUT2D eigenvalue weighted by Crippen LogP contribution is 2.27. The van der Waals surface area contributed by atoms with Gasteiger partial charge in [0.25, 0.3) is 5.69 Å². The van der Waals surface area contributed by atoms with Gasteiger partial charge in [-0.2, -0.15) is 0 Å². The second-order valence-electron chi connectivity index (χ2n) is 3.99. The molecule has 94 valence electrons. The highest BCUT2D eigenvalue weighted by Gasteiger charge is 2.14. The van der Waals surface area contributed by atoms with Gasteiger partial charge >= 0.3 is 5.63 Å². The number of hydrogen-bond acceptors (Lipinski definition) is 4. The summed E-state index contributed by atoms with van der Waals surface area (Å²) in [6, 6.07) is 7.94. The van der Waals surface area contributed by atoms with E-state index in [-0.39, 0.29) is 16.7 Å². The Morgan fingerprint density at radius 2 is 1.95 bits per heavy atom. The van der Waals surface area contributed by atoms with Crippen LogP contribution in [0.15, 0.2) is 45.6 Å². The number of nitrogens with zero attached hydrogens (tertiary/aromatic N) is 1. The van der Waals surface area contributed by atoms with Gasteiger partial charge in [-0.05, 0) is 12.1 Å². The third-order valence-corrected chi connectivity index (χ3v) is 2.88. The van der Waals surface area contributed by atoms with Crippen molar-refractivity contribution in [1.29, 1.82) is 0 Å². The summed E-state index contributed by atoms with van der Waals surface area (Å²) in [5.74, 6) is -0.709. The Hall–Kier alpha value is -2.76. The van der Waals surface area contributed by atoms with Gasteiger partial charge in [0.05, 0.1) is 4.92 Å². The largest absolute Gasteiger partial charge is 0.422 e. The number of hydrogen-bond donors (Lipinski definition) is 0. The van der Waals surface area contributed by atoms with Crippen molar-refractivity contribution in [2.45, 2.75) is 0 Å². The standard InChI is InChI=1S/C13H6FNO4/c14-10-3-1-2-8-9-6-7(15(17)18)4-5-11(9)19-13(16)12(8)10/h1-6H. The lowest BCUT2D eigenvalue weighted by Crippen LogP contribution is -2.02.